The molecule has 0 aromatic carbocycles. The summed E-state index contributed by atoms with van der Waals surface area (Å²) in [5.74, 6) is -0.124. The van der Waals surface area contributed by atoms with E-state index in [9.17, 15) is 20.1 Å². The molecular weight excluding hydrogens is 618 g/mol. The summed E-state index contributed by atoms with van der Waals surface area (Å²) in [6, 6.07) is -0.738. The van der Waals surface area contributed by atoms with Crippen molar-refractivity contribution in [1.29, 1.82) is 0 Å². The van der Waals surface area contributed by atoms with Gasteiger partial charge in [0.25, 0.3) is 0 Å². The molecular formula is C45H89NO4. The van der Waals surface area contributed by atoms with Crippen LogP contribution >= 0.6 is 0 Å². The quantitative estimate of drug-likeness (QED) is 0.0376. The van der Waals surface area contributed by atoms with Crippen LogP contribution in [0.25, 0.3) is 0 Å². The fourth-order valence-electron chi connectivity index (χ4n) is 7.08. The molecule has 0 aliphatic rings. The number of hydrogen-bond acceptors (Lipinski definition) is 4. The van der Waals surface area contributed by atoms with Crippen LogP contribution in [0.3, 0.4) is 0 Å². The van der Waals surface area contributed by atoms with Gasteiger partial charge in [-0.05, 0) is 12.8 Å². The number of rotatable bonds is 41. The molecule has 0 spiro atoms. The maximum atomic E-state index is 12.4. The molecule has 1 amide bonds. The van der Waals surface area contributed by atoms with Crippen LogP contribution in [0, 0.1) is 0 Å². The van der Waals surface area contributed by atoms with Crippen molar-refractivity contribution in [2.75, 3.05) is 6.61 Å². The molecule has 0 aliphatic carbocycles. The molecule has 3 atom stereocenters. The zero-order chi connectivity index (χ0) is 36.6. The van der Waals surface area contributed by atoms with E-state index < -0.39 is 18.2 Å². The normalized spacial score (nSPS) is 13.6. The van der Waals surface area contributed by atoms with E-state index in [1.54, 1.807) is 6.08 Å². The topological polar surface area (TPSA) is 89.8 Å². The van der Waals surface area contributed by atoms with Gasteiger partial charge < -0.3 is 20.6 Å². The summed E-state index contributed by atoms with van der Waals surface area (Å²) in [5.41, 5.74) is 0. The van der Waals surface area contributed by atoms with Gasteiger partial charge in [0.05, 0.1) is 24.9 Å². The highest BCUT2D eigenvalue weighted by atomic mass is 16.3. The Labute approximate surface area is 312 Å². The van der Waals surface area contributed by atoms with E-state index in [0.29, 0.717) is 12.8 Å². The van der Waals surface area contributed by atoms with Crippen LogP contribution in [-0.4, -0.2) is 46.1 Å². The molecule has 0 aromatic rings. The van der Waals surface area contributed by atoms with Crippen LogP contribution in [0.5, 0.6) is 0 Å². The highest BCUT2D eigenvalue weighted by molar-refractivity contribution is 5.76. The molecule has 0 radical (unpaired) electrons. The van der Waals surface area contributed by atoms with Crippen molar-refractivity contribution in [2.45, 2.75) is 263 Å². The van der Waals surface area contributed by atoms with Gasteiger partial charge in [0.1, 0.15) is 0 Å². The molecule has 0 aromatic heterocycles. The molecule has 0 bridgehead atoms. The molecule has 298 valence electrons. The Morgan fingerprint density at radius 2 is 0.760 bits per heavy atom. The molecule has 0 fully saturated rings. The van der Waals surface area contributed by atoms with Crippen molar-refractivity contribution in [3.63, 3.8) is 0 Å². The van der Waals surface area contributed by atoms with Gasteiger partial charge in [-0.15, -0.1) is 0 Å². The first-order valence-corrected chi connectivity index (χ1v) is 22.5. The lowest BCUT2D eigenvalue weighted by molar-refractivity contribution is -0.123. The van der Waals surface area contributed by atoms with Gasteiger partial charge in [-0.2, -0.15) is 0 Å². The van der Waals surface area contributed by atoms with E-state index >= 15 is 0 Å². The molecule has 0 heterocycles. The maximum absolute atomic E-state index is 12.4. The molecule has 0 saturated heterocycles. The Balaban J connectivity index is 3.56. The molecule has 4 N–H and O–H groups in total. The first-order valence-electron chi connectivity index (χ1n) is 22.5. The molecule has 0 rings (SSSR count). The van der Waals surface area contributed by atoms with Crippen LogP contribution in [0.4, 0.5) is 0 Å². The molecule has 0 aliphatic heterocycles. The molecule has 0 unspecified atom stereocenters. The highest BCUT2D eigenvalue weighted by Gasteiger charge is 2.18. The third-order valence-electron chi connectivity index (χ3n) is 10.6. The molecule has 5 nitrogen and oxygen atoms in total. The smallest absolute Gasteiger partial charge is 0.220 e. The van der Waals surface area contributed by atoms with Gasteiger partial charge in [0.2, 0.25) is 5.91 Å². The minimum Gasteiger partial charge on any atom is -0.394 e. The van der Waals surface area contributed by atoms with Crippen molar-refractivity contribution in [3.05, 3.63) is 12.2 Å². The van der Waals surface area contributed by atoms with E-state index in [0.717, 1.165) is 32.1 Å². The molecule has 5 heteroatoms. The van der Waals surface area contributed by atoms with Crippen LogP contribution in [0.1, 0.15) is 245 Å². The van der Waals surface area contributed by atoms with E-state index in [2.05, 4.69) is 19.2 Å². The Kier molecular flexibility index (Phi) is 40.1. The SMILES string of the molecule is CCCCCCCCCCCCCCCCCCCCCCCCCCC(=O)N[C@@H](CO)[C@H](O)/C=C/[C@H](O)CCCCCCCCCCCC. The standard InChI is InChI=1S/C45H89NO4/c1-3-5-7-9-11-13-15-16-17-18-19-20-21-22-23-24-25-26-27-28-30-32-34-36-38-45(50)46-43(41-47)44(49)40-39-42(48)37-35-33-31-29-14-12-10-8-6-4-2/h39-40,42-44,47-49H,3-38,41H2,1-2H3,(H,46,50)/b40-39+/t42-,43+,44-/m1/s1. The minimum absolute atomic E-state index is 0.124. The Bertz CT molecular complexity index is 699. The van der Waals surface area contributed by atoms with Gasteiger partial charge in [-0.25, -0.2) is 0 Å². The Morgan fingerprint density at radius 1 is 0.460 bits per heavy atom. The van der Waals surface area contributed by atoms with Gasteiger partial charge in [0, 0.05) is 6.42 Å². The number of aliphatic hydroxyl groups excluding tert-OH is 3. The van der Waals surface area contributed by atoms with E-state index in [-0.39, 0.29) is 12.5 Å². The number of unbranched alkanes of at least 4 members (excludes halogenated alkanes) is 32. The summed E-state index contributed by atoms with van der Waals surface area (Å²) in [6.07, 6.45) is 47.8. The number of aliphatic hydroxyl groups is 3. The van der Waals surface area contributed by atoms with Gasteiger partial charge >= 0.3 is 0 Å². The number of carbonyl (C=O) groups excluding carboxylic acids is 1. The van der Waals surface area contributed by atoms with Crippen LogP contribution in [0.15, 0.2) is 12.2 Å². The predicted molar refractivity (Wildman–Crippen MR) is 218 cm³/mol. The first-order chi connectivity index (χ1) is 24.5. The van der Waals surface area contributed by atoms with Crippen LogP contribution < -0.4 is 5.32 Å². The van der Waals surface area contributed by atoms with Crippen molar-refractivity contribution >= 4 is 5.91 Å². The zero-order valence-corrected chi connectivity index (χ0v) is 33.8. The number of hydrogen-bond donors (Lipinski definition) is 4. The van der Waals surface area contributed by atoms with Crippen molar-refractivity contribution < 1.29 is 20.1 Å². The average Bonchev–Trinajstić information content (AvgIpc) is 3.12. The first kappa shape index (κ1) is 49.1. The number of nitrogens with one attached hydrogen (secondary N) is 1. The summed E-state index contributed by atoms with van der Waals surface area (Å²) in [6.45, 7) is 4.21. The van der Waals surface area contributed by atoms with Crippen LogP contribution in [-0.2, 0) is 4.79 Å². The van der Waals surface area contributed by atoms with E-state index in [4.69, 9.17) is 0 Å². The lowest BCUT2D eigenvalue weighted by atomic mass is 10.0. The van der Waals surface area contributed by atoms with Gasteiger partial charge in [0.15, 0.2) is 0 Å². The lowest BCUT2D eigenvalue weighted by Crippen LogP contribution is -2.45. The molecule has 0 saturated carbocycles. The average molecular weight is 708 g/mol. The monoisotopic (exact) mass is 708 g/mol. The van der Waals surface area contributed by atoms with Crippen molar-refractivity contribution in [2.24, 2.45) is 0 Å². The van der Waals surface area contributed by atoms with Crippen molar-refractivity contribution in [3.8, 4) is 0 Å². The Morgan fingerprint density at radius 3 is 1.08 bits per heavy atom. The van der Waals surface area contributed by atoms with Gasteiger partial charge in [-0.3, -0.25) is 4.79 Å². The minimum atomic E-state index is -1.01. The second kappa shape index (κ2) is 40.9. The largest absolute Gasteiger partial charge is 0.394 e. The predicted octanol–water partition coefficient (Wildman–Crippen LogP) is 12.8. The summed E-state index contributed by atoms with van der Waals surface area (Å²) in [7, 11) is 0. The van der Waals surface area contributed by atoms with E-state index in [1.165, 1.54) is 192 Å². The fraction of sp³-hybridized carbons (Fsp3) is 0.933. The van der Waals surface area contributed by atoms with Crippen LogP contribution in [0.2, 0.25) is 0 Å². The zero-order valence-electron chi connectivity index (χ0n) is 33.8. The number of carbonyl (C=O) groups is 1. The summed E-state index contributed by atoms with van der Waals surface area (Å²) >= 11 is 0. The third kappa shape index (κ3) is 36.9. The van der Waals surface area contributed by atoms with Gasteiger partial charge in [-0.1, -0.05) is 238 Å². The summed E-state index contributed by atoms with van der Waals surface area (Å²) < 4.78 is 0. The number of amides is 1. The lowest BCUT2D eigenvalue weighted by Gasteiger charge is -2.20. The third-order valence-corrected chi connectivity index (χ3v) is 10.6. The fourth-order valence-corrected chi connectivity index (χ4v) is 7.08. The highest BCUT2D eigenvalue weighted by Crippen LogP contribution is 2.16. The van der Waals surface area contributed by atoms with Crippen molar-refractivity contribution in [1.82, 2.24) is 5.32 Å². The summed E-state index contributed by atoms with van der Waals surface area (Å²) in [4.78, 5) is 12.4. The second-order valence-electron chi connectivity index (χ2n) is 15.7. The molecule has 50 heavy (non-hydrogen) atoms. The Hall–Kier alpha value is -0.910. The maximum Gasteiger partial charge on any atom is 0.220 e. The van der Waals surface area contributed by atoms with E-state index in [1.807, 2.05) is 0 Å². The summed E-state index contributed by atoms with van der Waals surface area (Å²) in [5, 5.41) is 33.2. The second-order valence-corrected chi connectivity index (χ2v) is 15.7.